The molecule has 0 unspecified atom stereocenters. The Hall–Kier alpha value is -1.79. The number of ether oxygens (including phenoxy) is 1. The van der Waals surface area contributed by atoms with Gasteiger partial charge in [-0.05, 0) is 44.9 Å². The van der Waals surface area contributed by atoms with Gasteiger partial charge in [-0.3, -0.25) is 9.69 Å². The van der Waals surface area contributed by atoms with Gasteiger partial charge in [-0.25, -0.2) is 4.79 Å². The largest absolute Gasteiger partial charge is 0.444 e. The van der Waals surface area contributed by atoms with E-state index < -0.39 is 30.3 Å². The molecule has 0 bridgehead atoms. The Morgan fingerprint density at radius 3 is 2.30 bits per heavy atom. The lowest BCUT2D eigenvalue weighted by Crippen LogP contribution is -2.52. The summed E-state index contributed by atoms with van der Waals surface area (Å²) in [5.74, 6) is -0.783. The first-order chi connectivity index (χ1) is 10.6. The Labute approximate surface area is 141 Å². The number of halogens is 1. The molecule has 0 saturated carbocycles. The Bertz CT molecular complexity index is 540. The second-order valence-corrected chi connectivity index (χ2v) is 6.59. The van der Waals surface area contributed by atoms with Gasteiger partial charge in [0.2, 0.25) is 5.91 Å². The van der Waals surface area contributed by atoms with Crippen molar-refractivity contribution >= 4 is 23.6 Å². The van der Waals surface area contributed by atoms with Crippen LogP contribution in [0.1, 0.15) is 26.3 Å². The summed E-state index contributed by atoms with van der Waals surface area (Å²) in [6, 6.07) is 6.01. The minimum atomic E-state index is -1.13. The van der Waals surface area contributed by atoms with Crippen LogP contribution in [0.3, 0.4) is 0 Å². The maximum atomic E-state index is 12.3. The maximum Gasteiger partial charge on any atom is 0.411 e. The van der Waals surface area contributed by atoms with Crippen LogP contribution in [-0.2, 0) is 16.0 Å². The topological polar surface area (TPSA) is 92.9 Å². The number of primary amides is 1. The van der Waals surface area contributed by atoms with Crippen molar-refractivity contribution in [3.05, 3.63) is 34.9 Å². The van der Waals surface area contributed by atoms with E-state index in [0.29, 0.717) is 11.4 Å². The van der Waals surface area contributed by atoms with E-state index >= 15 is 0 Å². The summed E-state index contributed by atoms with van der Waals surface area (Å²) in [6.07, 6.45) is -0.218. The molecule has 0 spiro atoms. The van der Waals surface area contributed by atoms with Gasteiger partial charge in [-0.2, -0.15) is 0 Å². The average Bonchev–Trinajstić information content (AvgIpc) is 2.42. The molecule has 6 nitrogen and oxygen atoms in total. The number of amides is 2. The van der Waals surface area contributed by atoms with Crippen LogP contribution in [0.15, 0.2) is 24.3 Å². The van der Waals surface area contributed by atoms with Gasteiger partial charge in [-0.1, -0.05) is 23.7 Å². The summed E-state index contributed by atoms with van der Waals surface area (Å²) in [5.41, 5.74) is 5.49. The van der Waals surface area contributed by atoms with Crippen LogP contribution in [-0.4, -0.2) is 46.8 Å². The van der Waals surface area contributed by atoms with Gasteiger partial charge >= 0.3 is 6.09 Å². The molecule has 1 aromatic rings. The lowest BCUT2D eigenvalue weighted by atomic mass is 10.1. The number of aliphatic hydroxyl groups is 1. The monoisotopic (exact) mass is 342 g/mol. The summed E-state index contributed by atoms with van der Waals surface area (Å²) in [7, 11) is 0. The van der Waals surface area contributed by atoms with Crippen LogP contribution in [0.5, 0.6) is 0 Å². The van der Waals surface area contributed by atoms with Gasteiger partial charge in [0.25, 0.3) is 0 Å². The Morgan fingerprint density at radius 2 is 1.87 bits per heavy atom. The molecule has 1 aromatic carbocycles. The summed E-state index contributed by atoms with van der Waals surface area (Å²) in [6.45, 7) is 4.79. The molecule has 0 fully saturated rings. The van der Waals surface area contributed by atoms with Gasteiger partial charge in [0.1, 0.15) is 11.6 Å². The zero-order chi connectivity index (χ0) is 17.6. The van der Waals surface area contributed by atoms with Crippen molar-refractivity contribution in [1.29, 1.82) is 0 Å². The Morgan fingerprint density at radius 1 is 1.30 bits per heavy atom. The molecule has 0 aliphatic heterocycles. The van der Waals surface area contributed by atoms with E-state index in [1.807, 2.05) is 12.1 Å². The molecule has 3 N–H and O–H groups in total. The first kappa shape index (κ1) is 19.3. The molecule has 0 aromatic heterocycles. The molecular formula is C16H23ClN2O4. The van der Waals surface area contributed by atoms with Gasteiger partial charge in [0.05, 0.1) is 6.61 Å². The quantitative estimate of drug-likeness (QED) is 0.826. The number of aliphatic hydroxyl groups excluding tert-OH is 1. The number of hydrogen-bond donors (Lipinski definition) is 2. The second-order valence-electron chi connectivity index (χ2n) is 6.15. The molecule has 0 radical (unpaired) electrons. The van der Waals surface area contributed by atoms with Crippen LogP contribution in [0.25, 0.3) is 0 Å². The maximum absolute atomic E-state index is 12.3. The van der Waals surface area contributed by atoms with Gasteiger partial charge in [0, 0.05) is 11.6 Å². The van der Waals surface area contributed by atoms with Gasteiger partial charge in [0.15, 0.2) is 0 Å². The molecule has 1 rings (SSSR count). The molecule has 0 saturated heterocycles. The standard InChI is InChI=1S/C16H23ClN2O4/c1-16(2,3)23-15(22)19(13(10-20)14(18)21)9-8-11-4-6-12(17)7-5-11/h4-7,13,20H,8-10H2,1-3H3,(H2,18,21)/t13-/m0/s1. The summed E-state index contributed by atoms with van der Waals surface area (Å²) in [4.78, 5) is 25.0. The van der Waals surface area contributed by atoms with Crippen molar-refractivity contribution in [1.82, 2.24) is 4.90 Å². The molecule has 0 aliphatic rings. The third-order valence-corrected chi connectivity index (χ3v) is 3.31. The fraction of sp³-hybridized carbons (Fsp3) is 0.500. The molecule has 0 heterocycles. The van der Waals surface area contributed by atoms with Crippen LogP contribution in [0, 0.1) is 0 Å². The lowest BCUT2D eigenvalue weighted by Gasteiger charge is -2.31. The first-order valence-corrected chi connectivity index (χ1v) is 7.66. The Kier molecular flexibility index (Phi) is 6.84. The predicted molar refractivity (Wildman–Crippen MR) is 88.2 cm³/mol. The average molecular weight is 343 g/mol. The molecule has 7 heteroatoms. The predicted octanol–water partition coefficient (Wildman–Crippen LogP) is 1.97. The molecule has 1 atom stereocenters. The Balaban J connectivity index is 2.87. The second kappa shape index (κ2) is 8.17. The van der Waals surface area contributed by atoms with Crippen LogP contribution < -0.4 is 5.73 Å². The lowest BCUT2D eigenvalue weighted by molar-refractivity contribution is -0.124. The summed E-state index contributed by atoms with van der Waals surface area (Å²) >= 11 is 5.83. The van der Waals surface area contributed by atoms with Crippen molar-refractivity contribution in [2.24, 2.45) is 5.73 Å². The fourth-order valence-corrected chi connectivity index (χ4v) is 2.06. The fourth-order valence-electron chi connectivity index (χ4n) is 1.94. The summed E-state index contributed by atoms with van der Waals surface area (Å²) in [5, 5.41) is 9.99. The first-order valence-electron chi connectivity index (χ1n) is 7.28. The molecule has 0 aliphatic carbocycles. The zero-order valence-electron chi connectivity index (χ0n) is 13.6. The number of carbonyl (C=O) groups excluding carboxylic acids is 2. The van der Waals surface area contributed by atoms with Crippen molar-refractivity contribution in [3.63, 3.8) is 0 Å². The van der Waals surface area contributed by atoms with Crippen LogP contribution in [0.4, 0.5) is 4.79 Å². The van der Waals surface area contributed by atoms with Crippen molar-refractivity contribution in [2.45, 2.75) is 38.8 Å². The van der Waals surface area contributed by atoms with E-state index in [9.17, 15) is 14.7 Å². The zero-order valence-corrected chi connectivity index (χ0v) is 14.3. The van der Waals surface area contributed by atoms with E-state index in [4.69, 9.17) is 22.1 Å². The minimum Gasteiger partial charge on any atom is -0.444 e. The highest BCUT2D eigenvalue weighted by atomic mass is 35.5. The molecular weight excluding hydrogens is 320 g/mol. The molecule has 128 valence electrons. The summed E-state index contributed by atoms with van der Waals surface area (Å²) < 4.78 is 5.29. The number of hydrogen-bond acceptors (Lipinski definition) is 4. The van der Waals surface area contributed by atoms with Crippen molar-refractivity contribution in [3.8, 4) is 0 Å². The van der Waals surface area contributed by atoms with E-state index in [0.717, 1.165) is 10.5 Å². The van der Waals surface area contributed by atoms with Gasteiger partial charge in [-0.15, -0.1) is 0 Å². The van der Waals surface area contributed by atoms with Crippen molar-refractivity contribution in [2.75, 3.05) is 13.2 Å². The highest BCUT2D eigenvalue weighted by Gasteiger charge is 2.31. The van der Waals surface area contributed by atoms with E-state index in [-0.39, 0.29) is 6.54 Å². The number of nitrogens with zero attached hydrogens (tertiary/aromatic N) is 1. The number of nitrogens with two attached hydrogens (primary N) is 1. The van der Waals surface area contributed by atoms with Crippen molar-refractivity contribution < 1.29 is 19.4 Å². The molecule has 2 amide bonds. The molecule has 23 heavy (non-hydrogen) atoms. The van der Waals surface area contributed by atoms with E-state index in [1.165, 1.54) is 0 Å². The third-order valence-electron chi connectivity index (χ3n) is 3.06. The van der Waals surface area contributed by atoms with Crippen LogP contribution >= 0.6 is 11.6 Å². The highest BCUT2D eigenvalue weighted by Crippen LogP contribution is 2.14. The van der Waals surface area contributed by atoms with E-state index in [1.54, 1.807) is 32.9 Å². The smallest absolute Gasteiger partial charge is 0.411 e. The number of carbonyl (C=O) groups is 2. The highest BCUT2D eigenvalue weighted by molar-refractivity contribution is 6.30. The van der Waals surface area contributed by atoms with Crippen LogP contribution in [0.2, 0.25) is 5.02 Å². The van der Waals surface area contributed by atoms with Gasteiger partial charge < -0.3 is 15.6 Å². The van der Waals surface area contributed by atoms with E-state index in [2.05, 4.69) is 0 Å². The number of rotatable bonds is 6. The number of benzene rings is 1. The SMILES string of the molecule is CC(C)(C)OC(=O)N(CCc1ccc(Cl)cc1)[C@@H](CO)C(N)=O. The third kappa shape index (κ3) is 6.46. The minimum absolute atomic E-state index is 0.185. The normalized spacial score (nSPS) is 12.6.